The maximum atomic E-state index is 15.0. The number of nitrogens with zero attached hydrogens (tertiary/aromatic N) is 4. The van der Waals surface area contributed by atoms with Crippen LogP contribution in [0.1, 0.15) is 37.1 Å². The van der Waals surface area contributed by atoms with Crippen LogP contribution >= 0.6 is 0 Å². The van der Waals surface area contributed by atoms with Crippen molar-refractivity contribution in [1.29, 1.82) is 0 Å². The van der Waals surface area contributed by atoms with Gasteiger partial charge in [-0.3, -0.25) is 4.68 Å². The zero-order valence-electron chi connectivity index (χ0n) is 24.7. The maximum Gasteiger partial charge on any atom is 0.413 e. The first-order chi connectivity index (χ1) is 21.6. The Bertz CT molecular complexity index is 1820. The number of para-hydroxylation sites is 1. The highest BCUT2D eigenvalue weighted by Crippen LogP contribution is 2.36. The zero-order chi connectivity index (χ0) is 31.7. The predicted octanol–water partition coefficient (Wildman–Crippen LogP) is 7.24. The monoisotopic (exact) mass is 622 g/mol. The smallest absolute Gasteiger partial charge is 0.413 e. The molecule has 2 aliphatic rings. The third-order valence-electron chi connectivity index (χ3n) is 7.87. The van der Waals surface area contributed by atoms with E-state index in [0.717, 1.165) is 29.5 Å². The summed E-state index contributed by atoms with van der Waals surface area (Å²) in [7, 11) is 0. The van der Waals surface area contributed by atoms with Gasteiger partial charge in [0.2, 0.25) is 0 Å². The highest BCUT2D eigenvalue weighted by molar-refractivity contribution is 5.92. The fourth-order valence-corrected chi connectivity index (χ4v) is 5.61. The number of ether oxygens (including phenoxy) is 1. The summed E-state index contributed by atoms with van der Waals surface area (Å²) in [5, 5.41) is 11.8. The lowest BCUT2D eigenvalue weighted by Crippen LogP contribution is -2.27. The average Bonchev–Trinajstić information content (AvgIpc) is 3.36. The van der Waals surface area contributed by atoms with Crippen molar-refractivity contribution in [2.24, 2.45) is 5.92 Å². The van der Waals surface area contributed by atoms with Crippen LogP contribution in [0.25, 0.3) is 22.4 Å². The molecule has 6 rings (SSSR count). The molecule has 1 unspecified atom stereocenters. The Morgan fingerprint density at radius 2 is 1.89 bits per heavy atom. The predicted molar refractivity (Wildman–Crippen MR) is 162 cm³/mol. The zero-order valence-corrected chi connectivity index (χ0v) is 24.7. The molecule has 0 bridgehead atoms. The van der Waals surface area contributed by atoms with Crippen LogP contribution in [0.4, 0.5) is 27.8 Å². The van der Waals surface area contributed by atoms with E-state index in [1.165, 1.54) is 4.68 Å². The van der Waals surface area contributed by atoms with E-state index in [4.69, 9.17) is 19.8 Å². The van der Waals surface area contributed by atoms with E-state index in [9.17, 15) is 13.2 Å². The van der Waals surface area contributed by atoms with Crippen molar-refractivity contribution >= 4 is 16.7 Å². The van der Waals surface area contributed by atoms with Gasteiger partial charge >= 0.3 is 6.18 Å². The number of alkyl halides is 3. The molecule has 4 aromatic rings. The van der Waals surface area contributed by atoms with Gasteiger partial charge in [0.25, 0.3) is 0 Å². The lowest BCUT2D eigenvalue weighted by Gasteiger charge is -2.23. The van der Waals surface area contributed by atoms with Gasteiger partial charge in [-0.1, -0.05) is 37.3 Å². The van der Waals surface area contributed by atoms with Gasteiger partial charge in [0.15, 0.2) is 5.82 Å². The topological polar surface area (TPSA) is 76.9 Å². The average molecular weight is 623 g/mol. The van der Waals surface area contributed by atoms with Crippen LogP contribution in [-0.4, -0.2) is 39.1 Å². The molecule has 2 N–H and O–H groups in total. The Labute approximate surface area is 256 Å². The molecule has 0 spiro atoms. The SMILES string of the molecule is CCOc1cc(F)c(Cn2nc(-c3nc4c(c(NC5=CC=CCC(C)C(C(F)(F)F)=C5)n3)CNCC4)c3ccccc32)c(F)c1. The van der Waals surface area contributed by atoms with E-state index in [0.29, 0.717) is 41.9 Å². The Balaban J connectivity index is 1.43. The molecule has 3 heterocycles. The van der Waals surface area contributed by atoms with Crippen molar-refractivity contribution in [3.05, 3.63) is 100 Å². The van der Waals surface area contributed by atoms with E-state index < -0.39 is 29.3 Å². The van der Waals surface area contributed by atoms with Crippen molar-refractivity contribution in [2.75, 3.05) is 18.5 Å². The van der Waals surface area contributed by atoms with Crippen molar-refractivity contribution in [3.8, 4) is 17.3 Å². The number of nitrogens with one attached hydrogen (secondary N) is 2. The maximum absolute atomic E-state index is 15.0. The molecule has 12 heteroatoms. The van der Waals surface area contributed by atoms with Crippen LogP contribution in [0.2, 0.25) is 0 Å². The molecule has 45 heavy (non-hydrogen) atoms. The summed E-state index contributed by atoms with van der Waals surface area (Å²) in [5.74, 6) is -1.54. The number of rotatable bonds is 7. The number of allylic oxidation sites excluding steroid dienone is 5. The first kappa shape index (κ1) is 30.4. The van der Waals surface area contributed by atoms with E-state index in [1.54, 1.807) is 44.2 Å². The Morgan fingerprint density at radius 3 is 2.64 bits per heavy atom. The Hall–Kier alpha value is -4.58. The van der Waals surface area contributed by atoms with Gasteiger partial charge in [0.05, 0.1) is 24.4 Å². The summed E-state index contributed by atoms with van der Waals surface area (Å²) in [6.07, 6.45) is 2.50. The van der Waals surface area contributed by atoms with E-state index >= 15 is 8.78 Å². The summed E-state index contributed by atoms with van der Waals surface area (Å²) >= 11 is 0. The number of aromatic nitrogens is 4. The highest BCUT2D eigenvalue weighted by Gasteiger charge is 2.37. The molecule has 2 aromatic carbocycles. The van der Waals surface area contributed by atoms with Gasteiger partial charge in [-0.25, -0.2) is 18.7 Å². The first-order valence-electron chi connectivity index (χ1n) is 14.7. The van der Waals surface area contributed by atoms with Crippen molar-refractivity contribution in [3.63, 3.8) is 0 Å². The van der Waals surface area contributed by atoms with Gasteiger partial charge in [-0.05, 0) is 37.5 Å². The van der Waals surface area contributed by atoms with Crippen LogP contribution < -0.4 is 15.4 Å². The van der Waals surface area contributed by atoms with Crippen LogP contribution in [0.3, 0.4) is 0 Å². The fraction of sp³-hybridized carbons (Fsp3) is 0.303. The normalized spacial score (nSPS) is 16.9. The number of anilines is 1. The molecule has 2 aromatic heterocycles. The highest BCUT2D eigenvalue weighted by atomic mass is 19.4. The van der Waals surface area contributed by atoms with E-state index in [2.05, 4.69) is 10.6 Å². The largest absolute Gasteiger partial charge is 0.494 e. The Morgan fingerprint density at radius 1 is 1.11 bits per heavy atom. The lowest BCUT2D eigenvalue weighted by molar-refractivity contribution is -0.0982. The quantitative estimate of drug-likeness (QED) is 0.212. The van der Waals surface area contributed by atoms with Crippen molar-refractivity contribution in [1.82, 2.24) is 25.1 Å². The van der Waals surface area contributed by atoms with E-state index in [-0.39, 0.29) is 42.4 Å². The van der Waals surface area contributed by atoms with Crippen LogP contribution in [0.5, 0.6) is 5.75 Å². The molecular formula is C33H31F5N6O. The summed E-state index contributed by atoms with van der Waals surface area (Å²) in [4.78, 5) is 9.58. The van der Waals surface area contributed by atoms with Gasteiger partial charge < -0.3 is 15.4 Å². The molecule has 7 nitrogen and oxygen atoms in total. The lowest BCUT2D eigenvalue weighted by atomic mass is 9.94. The van der Waals surface area contributed by atoms with Crippen LogP contribution in [0, 0.1) is 17.6 Å². The van der Waals surface area contributed by atoms with E-state index in [1.807, 2.05) is 12.1 Å². The molecule has 0 fully saturated rings. The van der Waals surface area contributed by atoms with Gasteiger partial charge in [-0.15, -0.1) is 0 Å². The summed E-state index contributed by atoms with van der Waals surface area (Å²) < 4.78 is 78.6. The number of hydrogen-bond donors (Lipinski definition) is 2. The molecular weight excluding hydrogens is 591 g/mol. The van der Waals surface area contributed by atoms with Gasteiger partial charge in [-0.2, -0.15) is 18.3 Å². The fourth-order valence-electron chi connectivity index (χ4n) is 5.61. The standard InChI is InChI=1S/C33H31F5N6O/c1-3-45-21-15-26(34)24(27(35)16-21)18-44-29-11-7-6-10-22(29)30(43-44)32-41-28-12-13-39-17-23(28)31(42-32)40-20-9-5-4-8-19(2)25(14-20)33(36,37)38/h4-7,9-11,14-16,19,39H,3,8,12-13,17-18H2,1-2H3,(H,40,41,42). The number of fused-ring (bicyclic) bond motifs is 2. The minimum absolute atomic E-state index is 0.0980. The van der Waals surface area contributed by atoms with Crippen LogP contribution in [0.15, 0.2) is 72.0 Å². The molecule has 0 saturated carbocycles. The van der Waals surface area contributed by atoms with Crippen molar-refractivity contribution in [2.45, 2.75) is 46.0 Å². The molecule has 1 aliphatic carbocycles. The minimum atomic E-state index is -4.49. The first-order valence-corrected chi connectivity index (χ1v) is 14.7. The number of hydrogen-bond acceptors (Lipinski definition) is 6. The second kappa shape index (κ2) is 12.4. The second-order valence-electron chi connectivity index (χ2n) is 11.0. The summed E-state index contributed by atoms with van der Waals surface area (Å²) in [5.41, 5.74) is 1.90. The second-order valence-corrected chi connectivity index (χ2v) is 11.0. The Kier molecular flexibility index (Phi) is 8.41. The van der Waals surface area contributed by atoms with Gasteiger partial charge in [0, 0.05) is 59.4 Å². The third kappa shape index (κ3) is 6.32. The molecule has 0 saturated heterocycles. The molecule has 1 atom stereocenters. The molecule has 0 radical (unpaired) electrons. The molecule has 1 aliphatic heterocycles. The molecule has 0 amide bonds. The van der Waals surface area contributed by atoms with Gasteiger partial charge in [0.1, 0.15) is 28.9 Å². The summed E-state index contributed by atoms with van der Waals surface area (Å²) in [6, 6.07) is 9.50. The minimum Gasteiger partial charge on any atom is -0.494 e. The summed E-state index contributed by atoms with van der Waals surface area (Å²) in [6.45, 7) is 4.44. The number of benzene rings is 2. The number of halogens is 5. The molecule has 234 valence electrons. The third-order valence-corrected chi connectivity index (χ3v) is 7.87. The van der Waals surface area contributed by atoms with Crippen molar-refractivity contribution < 1.29 is 26.7 Å². The van der Waals surface area contributed by atoms with Crippen LogP contribution in [-0.2, 0) is 19.5 Å².